The van der Waals surface area contributed by atoms with Crippen LogP contribution in [0.1, 0.15) is 20.3 Å². The number of aliphatic carboxylic acids is 1. The second-order valence-electron chi connectivity index (χ2n) is 5.70. The summed E-state index contributed by atoms with van der Waals surface area (Å²) in [5.41, 5.74) is -0.0817. The fourth-order valence-electron chi connectivity index (χ4n) is 2.66. The zero-order valence-electron chi connectivity index (χ0n) is 12.1. The van der Waals surface area contributed by atoms with Gasteiger partial charge < -0.3 is 15.3 Å². The Morgan fingerprint density at radius 1 is 1.38 bits per heavy atom. The monoisotopic (exact) mass is 402 g/mol. The molecule has 1 aliphatic heterocycles. The molecule has 1 atom stereocenters. The van der Waals surface area contributed by atoms with Gasteiger partial charge in [0.25, 0.3) is 0 Å². The van der Waals surface area contributed by atoms with E-state index in [0.29, 0.717) is 13.0 Å². The van der Waals surface area contributed by atoms with E-state index in [2.05, 4.69) is 27.9 Å². The average Bonchev–Trinajstić information content (AvgIpc) is 2.88. The lowest BCUT2D eigenvalue weighted by atomic mass is 9.76. The maximum Gasteiger partial charge on any atom is 0.321 e. The summed E-state index contributed by atoms with van der Waals surface area (Å²) in [7, 11) is 0. The molecule has 1 heterocycles. The number of amides is 2. The number of nitrogens with zero attached hydrogens (tertiary/aromatic N) is 1. The van der Waals surface area contributed by atoms with Crippen molar-refractivity contribution in [1.82, 2.24) is 4.90 Å². The molecular weight excluding hydrogens is 383 g/mol. The lowest BCUT2D eigenvalue weighted by molar-refractivity contribution is -0.150. The van der Waals surface area contributed by atoms with Gasteiger partial charge >= 0.3 is 12.0 Å². The summed E-state index contributed by atoms with van der Waals surface area (Å²) in [5, 5.41) is 12.4. The Morgan fingerprint density at radius 3 is 2.57 bits per heavy atom. The largest absolute Gasteiger partial charge is 0.481 e. The highest BCUT2D eigenvalue weighted by Gasteiger charge is 2.48. The Hall–Kier alpha value is -1.31. The molecule has 2 N–H and O–H groups in total. The molecule has 1 aromatic carbocycles. The third-order valence-corrected chi connectivity index (χ3v) is 5.18. The van der Waals surface area contributed by atoms with Crippen LogP contribution in [-0.2, 0) is 4.79 Å². The molecule has 1 aliphatic rings. The number of carbonyl (C=O) groups excluding carboxylic acids is 1. The van der Waals surface area contributed by atoms with E-state index in [1.165, 1.54) is 0 Å². The van der Waals surface area contributed by atoms with Crippen LogP contribution in [0.5, 0.6) is 0 Å². The van der Waals surface area contributed by atoms with Crippen LogP contribution in [0.2, 0.25) is 0 Å². The molecule has 0 radical (unpaired) electrons. The smallest absolute Gasteiger partial charge is 0.321 e. The predicted octanol–water partition coefficient (Wildman–Crippen LogP) is 3.26. The SMILES string of the molecule is CC(C)C1(C(=O)O)CCN(C(=O)Nc2ccccc2I)C1. The van der Waals surface area contributed by atoms with Gasteiger partial charge in [-0.1, -0.05) is 26.0 Å². The van der Waals surface area contributed by atoms with Crippen molar-refractivity contribution in [2.45, 2.75) is 20.3 Å². The summed E-state index contributed by atoms with van der Waals surface area (Å²) in [4.78, 5) is 25.5. The number of benzene rings is 1. The molecule has 1 unspecified atom stereocenters. The van der Waals surface area contributed by atoms with Crippen molar-refractivity contribution in [3.63, 3.8) is 0 Å². The third kappa shape index (κ3) is 3.14. The quantitative estimate of drug-likeness (QED) is 0.763. The Kier molecular flexibility index (Phi) is 4.75. The summed E-state index contributed by atoms with van der Waals surface area (Å²) < 4.78 is 0.955. The molecule has 0 aliphatic carbocycles. The lowest BCUT2D eigenvalue weighted by Gasteiger charge is -2.28. The lowest BCUT2D eigenvalue weighted by Crippen LogP contribution is -2.41. The van der Waals surface area contributed by atoms with E-state index in [9.17, 15) is 14.7 Å². The molecule has 1 saturated heterocycles. The molecule has 5 nitrogen and oxygen atoms in total. The van der Waals surface area contributed by atoms with E-state index in [0.717, 1.165) is 9.26 Å². The number of halogens is 1. The topological polar surface area (TPSA) is 69.6 Å². The molecule has 0 spiro atoms. The number of nitrogens with one attached hydrogen (secondary N) is 1. The van der Waals surface area contributed by atoms with Crippen LogP contribution in [-0.4, -0.2) is 35.1 Å². The molecule has 0 saturated carbocycles. The second kappa shape index (κ2) is 6.21. The van der Waals surface area contributed by atoms with Crippen molar-refractivity contribution in [3.05, 3.63) is 27.8 Å². The van der Waals surface area contributed by atoms with Gasteiger partial charge in [0.05, 0.1) is 11.1 Å². The highest BCUT2D eigenvalue weighted by atomic mass is 127. The van der Waals surface area contributed by atoms with Crippen molar-refractivity contribution in [1.29, 1.82) is 0 Å². The fourth-order valence-corrected chi connectivity index (χ4v) is 3.18. The number of carbonyl (C=O) groups is 2. The first-order chi connectivity index (χ1) is 9.86. The van der Waals surface area contributed by atoms with E-state index in [1.807, 2.05) is 38.1 Å². The van der Waals surface area contributed by atoms with Gasteiger partial charge in [-0.3, -0.25) is 4.79 Å². The van der Waals surface area contributed by atoms with Crippen LogP contribution < -0.4 is 5.32 Å². The third-order valence-electron chi connectivity index (χ3n) is 4.23. The van der Waals surface area contributed by atoms with Crippen LogP contribution >= 0.6 is 22.6 Å². The number of hydrogen-bond donors (Lipinski definition) is 2. The molecule has 2 amide bonds. The highest BCUT2D eigenvalue weighted by Crippen LogP contribution is 2.38. The van der Waals surface area contributed by atoms with Gasteiger partial charge in [0.1, 0.15) is 0 Å². The van der Waals surface area contributed by atoms with Crippen LogP contribution in [0.15, 0.2) is 24.3 Å². The van der Waals surface area contributed by atoms with Gasteiger partial charge in [-0.25, -0.2) is 4.79 Å². The maximum absolute atomic E-state index is 12.3. The number of carboxylic acids is 1. The summed E-state index contributed by atoms with van der Waals surface area (Å²) in [6, 6.07) is 7.28. The second-order valence-corrected chi connectivity index (χ2v) is 6.86. The van der Waals surface area contributed by atoms with Crippen molar-refractivity contribution < 1.29 is 14.7 Å². The number of anilines is 1. The number of carboxylic acid groups (broad SMARTS) is 1. The van der Waals surface area contributed by atoms with Crippen LogP contribution in [0.3, 0.4) is 0 Å². The van der Waals surface area contributed by atoms with E-state index in [1.54, 1.807) is 4.90 Å². The van der Waals surface area contributed by atoms with Crippen LogP contribution in [0.4, 0.5) is 10.5 Å². The summed E-state index contributed by atoms with van der Waals surface area (Å²) >= 11 is 2.16. The maximum atomic E-state index is 12.3. The Labute approximate surface area is 137 Å². The summed E-state index contributed by atoms with van der Waals surface area (Å²) in [6.07, 6.45) is 0.499. The molecule has 21 heavy (non-hydrogen) atoms. The van der Waals surface area contributed by atoms with Gasteiger partial charge in [0.2, 0.25) is 0 Å². The van der Waals surface area contributed by atoms with Gasteiger partial charge in [-0.2, -0.15) is 0 Å². The van der Waals surface area contributed by atoms with Gasteiger partial charge in [0, 0.05) is 16.7 Å². The van der Waals surface area contributed by atoms with Gasteiger partial charge in [-0.05, 0) is 47.1 Å². The average molecular weight is 402 g/mol. The zero-order valence-corrected chi connectivity index (χ0v) is 14.3. The van der Waals surface area contributed by atoms with Crippen molar-refractivity contribution in [2.75, 3.05) is 18.4 Å². The molecule has 0 bridgehead atoms. The van der Waals surface area contributed by atoms with Crippen molar-refractivity contribution in [2.24, 2.45) is 11.3 Å². The first-order valence-corrected chi connectivity index (χ1v) is 7.98. The molecule has 2 rings (SSSR count). The Balaban J connectivity index is 2.09. The number of rotatable bonds is 3. The van der Waals surface area contributed by atoms with Crippen LogP contribution in [0.25, 0.3) is 0 Å². The number of para-hydroxylation sites is 1. The number of hydrogen-bond acceptors (Lipinski definition) is 2. The summed E-state index contributed by atoms with van der Waals surface area (Å²) in [6.45, 7) is 4.53. The van der Waals surface area contributed by atoms with E-state index >= 15 is 0 Å². The minimum absolute atomic E-state index is 0.00957. The zero-order chi connectivity index (χ0) is 15.6. The molecule has 114 valence electrons. The molecule has 1 fully saturated rings. The van der Waals surface area contributed by atoms with Crippen molar-refractivity contribution in [3.8, 4) is 0 Å². The molecule has 0 aromatic heterocycles. The van der Waals surface area contributed by atoms with E-state index < -0.39 is 11.4 Å². The molecule has 1 aromatic rings. The molecule has 6 heteroatoms. The number of urea groups is 1. The van der Waals surface area contributed by atoms with Crippen molar-refractivity contribution >= 4 is 40.3 Å². The Morgan fingerprint density at radius 2 is 2.05 bits per heavy atom. The normalized spacial score (nSPS) is 21.6. The fraction of sp³-hybridized carbons (Fsp3) is 0.467. The Bertz CT molecular complexity index is 562. The first-order valence-electron chi connectivity index (χ1n) is 6.90. The first kappa shape index (κ1) is 16.1. The van der Waals surface area contributed by atoms with E-state index in [-0.39, 0.29) is 18.5 Å². The predicted molar refractivity (Wildman–Crippen MR) is 89.3 cm³/mol. The minimum Gasteiger partial charge on any atom is -0.481 e. The van der Waals surface area contributed by atoms with E-state index in [4.69, 9.17) is 0 Å². The molecular formula is C15H19IN2O3. The highest BCUT2D eigenvalue weighted by molar-refractivity contribution is 14.1. The standard InChI is InChI=1S/C15H19IN2O3/c1-10(2)15(13(19)20)7-8-18(9-15)14(21)17-12-6-4-3-5-11(12)16/h3-6,10H,7-9H2,1-2H3,(H,17,21)(H,19,20). The van der Waals surface area contributed by atoms with Gasteiger partial charge in [-0.15, -0.1) is 0 Å². The number of likely N-dealkylation sites (tertiary alicyclic amines) is 1. The summed E-state index contributed by atoms with van der Waals surface area (Å²) in [5.74, 6) is -0.827. The minimum atomic E-state index is -0.832. The van der Waals surface area contributed by atoms with Gasteiger partial charge in [0.15, 0.2) is 0 Å². The van der Waals surface area contributed by atoms with Crippen LogP contribution in [0, 0.1) is 14.9 Å².